The second-order valence-corrected chi connectivity index (χ2v) is 5.89. The third kappa shape index (κ3) is 5.59. The van der Waals surface area contributed by atoms with Gasteiger partial charge in [0, 0.05) is 12.7 Å². The number of methoxy groups -OCH3 is 1. The number of nitrogens with zero attached hydrogens (tertiary/aromatic N) is 1. The van der Waals surface area contributed by atoms with Crippen LogP contribution in [-0.2, 0) is 20.9 Å². The molecule has 0 bridgehead atoms. The molecule has 148 valence electrons. The number of para-hydroxylation sites is 1. The Kier molecular flexibility index (Phi) is 7.59. The van der Waals surface area contributed by atoms with Gasteiger partial charge in [-0.3, -0.25) is 4.90 Å². The smallest absolute Gasteiger partial charge is 0.414 e. The molecular formula is C21H23NO6. The summed E-state index contributed by atoms with van der Waals surface area (Å²) in [7, 11) is 2.85. The fourth-order valence-corrected chi connectivity index (χ4v) is 2.31. The molecule has 0 unspecified atom stereocenters. The molecule has 0 radical (unpaired) electrons. The number of carbonyl (C=O) groups is 2. The first-order valence-corrected chi connectivity index (χ1v) is 8.58. The van der Waals surface area contributed by atoms with Crippen molar-refractivity contribution in [2.45, 2.75) is 13.5 Å². The van der Waals surface area contributed by atoms with Gasteiger partial charge in [-0.05, 0) is 42.3 Å². The zero-order valence-electron chi connectivity index (χ0n) is 16.0. The van der Waals surface area contributed by atoms with E-state index in [0.717, 1.165) is 11.3 Å². The highest BCUT2D eigenvalue weighted by atomic mass is 16.6. The number of aliphatic hydroxyl groups excluding tert-OH is 1. The molecule has 0 aliphatic rings. The summed E-state index contributed by atoms with van der Waals surface area (Å²) in [5.41, 5.74) is 2.17. The van der Waals surface area contributed by atoms with E-state index in [4.69, 9.17) is 14.6 Å². The maximum absolute atomic E-state index is 12.2. The summed E-state index contributed by atoms with van der Waals surface area (Å²) < 4.78 is 15.6. The van der Waals surface area contributed by atoms with Crippen LogP contribution in [0.5, 0.6) is 5.75 Å². The first kappa shape index (κ1) is 21.0. The summed E-state index contributed by atoms with van der Waals surface area (Å²) in [6.45, 7) is 1.47. The van der Waals surface area contributed by atoms with Gasteiger partial charge in [-0.2, -0.15) is 0 Å². The molecular weight excluding hydrogens is 362 g/mol. The SMILES string of the molecule is COC(=O)/C(=C/CO)Oc1cc(COC(=O)N(C)c2ccccc2)ccc1C. The minimum Gasteiger partial charge on any atom is -0.463 e. The molecule has 0 saturated carbocycles. The van der Waals surface area contributed by atoms with Gasteiger partial charge in [-0.25, -0.2) is 9.59 Å². The highest BCUT2D eigenvalue weighted by Crippen LogP contribution is 2.23. The maximum Gasteiger partial charge on any atom is 0.414 e. The molecule has 2 aromatic carbocycles. The third-order valence-electron chi connectivity index (χ3n) is 3.92. The van der Waals surface area contributed by atoms with Crippen molar-refractivity contribution < 1.29 is 28.9 Å². The molecule has 1 amide bonds. The van der Waals surface area contributed by atoms with Crippen molar-refractivity contribution in [2.24, 2.45) is 0 Å². The van der Waals surface area contributed by atoms with Crippen molar-refractivity contribution in [2.75, 3.05) is 25.7 Å². The fraction of sp³-hybridized carbons (Fsp3) is 0.238. The lowest BCUT2D eigenvalue weighted by Crippen LogP contribution is -2.26. The van der Waals surface area contributed by atoms with Crippen LogP contribution in [0.3, 0.4) is 0 Å². The van der Waals surface area contributed by atoms with Gasteiger partial charge in [0.15, 0.2) is 0 Å². The van der Waals surface area contributed by atoms with E-state index in [1.54, 1.807) is 37.4 Å². The highest BCUT2D eigenvalue weighted by Gasteiger charge is 2.15. The van der Waals surface area contributed by atoms with Crippen LogP contribution in [-0.4, -0.2) is 37.9 Å². The van der Waals surface area contributed by atoms with Gasteiger partial charge in [0.25, 0.3) is 0 Å². The molecule has 0 aliphatic heterocycles. The van der Waals surface area contributed by atoms with Crippen LogP contribution in [0, 0.1) is 6.92 Å². The number of carbonyl (C=O) groups excluding carboxylic acids is 2. The van der Waals surface area contributed by atoms with Crippen molar-refractivity contribution in [3.8, 4) is 5.75 Å². The Morgan fingerprint density at radius 3 is 2.50 bits per heavy atom. The van der Waals surface area contributed by atoms with Gasteiger partial charge >= 0.3 is 12.1 Å². The van der Waals surface area contributed by atoms with Gasteiger partial charge in [-0.15, -0.1) is 0 Å². The summed E-state index contributed by atoms with van der Waals surface area (Å²) in [6.07, 6.45) is 0.719. The van der Waals surface area contributed by atoms with E-state index in [1.807, 2.05) is 25.1 Å². The van der Waals surface area contributed by atoms with Crippen LogP contribution < -0.4 is 9.64 Å². The van der Waals surface area contributed by atoms with Crippen molar-refractivity contribution >= 4 is 17.7 Å². The van der Waals surface area contributed by atoms with E-state index >= 15 is 0 Å². The van der Waals surface area contributed by atoms with Crippen LogP contribution >= 0.6 is 0 Å². The Hall–Kier alpha value is -3.32. The zero-order valence-corrected chi connectivity index (χ0v) is 16.0. The summed E-state index contributed by atoms with van der Waals surface area (Å²) in [6, 6.07) is 14.4. The molecule has 0 atom stereocenters. The summed E-state index contributed by atoms with van der Waals surface area (Å²) >= 11 is 0. The maximum atomic E-state index is 12.2. The molecule has 28 heavy (non-hydrogen) atoms. The molecule has 0 fully saturated rings. The number of rotatable bonds is 7. The summed E-state index contributed by atoms with van der Waals surface area (Å²) in [5, 5.41) is 9.05. The van der Waals surface area contributed by atoms with Gasteiger partial charge in [0.1, 0.15) is 12.4 Å². The lowest BCUT2D eigenvalue weighted by atomic mass is 10.1. The third-order valence-corrected chi connectivity index (χ3v) is 3.92. The second-order valence-electron chi connectivity index (χ2n) is 5.89. The fourth-order valence-electron chi connectivity index (χ4n) is 2.31. The number of aliphatic hydroxyl groups is 1. The quantitative estimate of drug-likeness (QED) is 0.448. The molecule has 2 aromatic rings. The van der Waals surface area contributed by atoms with E-state index in [1.165, 1.54) is 18.1 Å². The second kappa shape index (κ2) is 10.1. The van der Waals surface area contributed by atoms with Gasteiger partial charge in [0.05, 0.1) is 13.7 Å². The predicted octanol–water partition coefficient (Wildman–Crippen LogP) is 3.20. The Bertz CT molecular complexity index is 847. The molecule has 0 aromatic heterocycles. The first-order chi connectivity index (χ1) is 13.5. The Labute approximate surface area is 163 Å². The van der Waals surface area contributed by atoms with Gasteiger partial charge < -0.3 is 19.3 Å². The normalized spacial score (nSPS) is 10.9. The predicted molar refractivity (Wildman–Crippen MR) is 104 cm³/mol. The summed E-state index contributed by atoms with van der Waals surface area (Å²) in [5.74, 6) is -0.420. The lowest BCUT2D eigenvalue weighted by Gasteiger charge is -2.17. The molecule has 0 spiro atoms. The minimum atomic E-state index is -0.699. The van der Waals surface area contributed by atoms with Crippen LogP contribution in [0.15, 0.2) is 60.4 Å². The molecule has 0 saturated heterocycles. The number of ether oxygens (including phenoxy) is 3. The Morgan fingerprint density at radius 1 is 1.14 bits per heavy atom. The van der Waals surface area contributed by atoms with Crippen molar-refractivity contribution in [3.63, 3.8) is 0 Å². The number of aryl methyl sites for hydroxylation is 1. The van der Waals surface area contributed by atoms with Crippen LogP contribution in [0.25, 0.3) is 0 Å². The number of benzene rings is 2. The van der Waals surface area contributed by atoms with Crippen LogP contribution in [0.1, 0.15) is 11.1 Å². The van der Waals surface area contributed by atoms with Gasteiger partial charge in [0.2, 0.25) is 5.76 Å². The minimum absolute atomic E-state index is 0.0317. The number of hydrogen-bond acceptors (Lipinski definition) is 6. The molecule has 7 heteroatoms. The van der Waals surface area contributed by atoms with Crippen molar-refractivity contribution in [3.05, 3.63) is 71.5 Å². The first-order valence-electron chi connectivity index (χ1n) is 8.58. The van der Waals surface area contributed by atoms with E-state index in [-0.39, 0.29) is 19.0 Å². The van der Waals surface area contributed by atoms with E-state index in [2.05, 4.69) is 4.74 Å². The average molecular weight is 385 g/mol. The lowest BCUT2D eigenvalue weighted by molar-refractivity contribution is -0.138. The topological polar surface area (TPSA) is 85.3 Å². The standard InChI is InChI=1S/C21H23NO6/c1-15-9-10-16(13-19(15)28-18(11-12-23)20(24)26-3)14-27-21(25)22(2)17-7-5-4-6-8-17/h4-11,13,23H,12,14H2,1-3H3/b18-11-. The number of hydrogen-bond donors (Lipinski definition) is 1. The molecule has 0 aliphatic carbocycles. The van der Waals surface area contributed by atoms with Crippen molar-refractivity contribution in [1.29, 1.82) is 0 Å². The average Bonchev–Trinajstić information content (AvgIpc) is 2.73. The molecule has 0 heterocycles. The Morgan fingerprint density at radius 2 is 1.86 bits per heavy atom. The monoisotopic (exact) mass is 385 g/mol. The van der Waals surface area contributed by atoms with Gasteiger partial charge in [-0.1, -0.05) is 30.3 Å². The van der Waals surface area contributed by atoms with E-state index in [9.17, 15) is 9.59 Å². The highest BCUT2D eigenvalue weighted by molar-refractivity contribution is 5.87. The number of esters is 1. The van der Waals surface area contributed by atoms with E-state index < -0.39 is 12.1 Å². The summed E-state index contributed by atoms with van der Waals surface area (Å²) in [4.78, 5) is 25.4. The van der Waals surface area contributed by atoms with Crippen molar-refractivity contribution in [1.82, 2.24) is 0 Å². The van der Waals surface area contributed by atoms with E-state index in [0.29, 0.717) is 11.3 Å². The van der Waals surface area contributed by atoms with Crippen LogP contribution in [0.2, 0.25) is 0 Å². The number of anilines is 1. The molecule has 2 rings (SSSR count). The van der Waals surface area contributed by atoms with Crippen LogP contribution in [0.4, 0.5) is 10.5 Å². The largest absolute Gasteiger partial charge is 0.463 e. The Balaban J connectivity index is 2.07. The number of amides is 1. The molecule has 1 N–H and O–H groups in total. The zero-order chi connectivity index (χ0) is 20.5. The molecule has 7 nitrogen and oxygen atoms in total.